The lowest BCUT2D eigenvalue weighted by Gasteiger charge is -2.39. The van der Waals surface area contributed by atoms with Gasteiger partial charge in [0.15, 0.2) is 0 Å². The van der Waals surface area contributed by atoms with Crippen molar-refractivity contribution in [2.75, 3.05) is 32.8 Å². The van der Waals surface area contributed by atoms with Crippen LogP contribution in [0.3, 0.4) is 0 Å². The molecular formula is C22H28N2O3. The van der Waals surface area contributed by atoms with Crippen LogP contribution in [0.5, 0.6) is 0 Å². The normalized spacial score (nSPS) is 25.0. The van der Waals surface area contributed by atoms with Crippen LogP contribution in [-0.2, 0) is 14.3 Å². The number of carbonyl (C=O) groups excluding carboxylic acids is 2. The van der Waals surface area contributed by atoms with E-state index in [0.717, 1.165) is 50.9 Å². The summed E-state index contributed by atoms with van der Waals surface area (Å²) in [6.45, 7) is 3.68. The largest absolute Gasteiger partial charge is 0.368 e. The fourth-order valence-corrected chi connectivity index (χ4v) is 4.54. The van der Waals surface area contributed by atoms with Gasteiger partial charge in [0.25, 0.3) is 5.91 Å². The van der Waals surface area contributed by atoms with Gasteiger partial charge in [-0.15, -0.1) is 0 Å². The SMILES string of the molecule is O=C1CC2(CCN(C(=O)[C@H]3CCCO3)CC2)CN1CC=Cc1ccccc1. The van der Waals surface area contributed by atoms with Gasteiger partial charge in [-0.1, -0.05) is 42.5 Å². The molecule has 4 rings (SSSR count). The summed E-state index contributed by atoms with van der Waals surface area (Å²) in [6, 6.07) is 10.2. The average molecular weight is 368 g/mol. The maximum absolute atomic E-state index is 12.5. The fourth-order valence-electron chi connectivity index (χ4n) is 4.54. The molecule has 3 heterocycles. The number of amides is 2. The first-order valence-corrected chi connectivity index (χ1v) is 10.1. The van der Waals surface area contributed by atoms with Crippen LogP contribution in [-0.4, -0.2) is 60.5 Å². The molecular weight excluding hydrogens is 340 g/mol. The molecule has 0 N–H and O–H groups in total. The molecule has 2 amide bonds. The highest BCUT2D eigenvalue weighted by Crippen LogP contribution is 2.41. The Morgan fingerprint density at radius 2 is 2.00 bits per heavy atom. The lowest BCUT2D eigenvalue weighted by atomic mass is 9.77. The number of ether oxygens (including phenoxy) is 1. The second kappa shape index (κ2) is 7.85. The Hall–Kier alpha value is -2.14. The van der Waals surface area contributed by atoms with Gasteiger partial charge in [-0.3, -0.25) is 9.59 Å². The first kappa shape index (κ1) is 18.2. The minimum atomic E-state index is -0.233. The monoisotopic (exact) mass is 368 g/mol. The first-order chi connectivity index (χ1) is 13.2. The van der Waals surface area contributed by atoms with Gasteiger partial charge in [0.05, 0.1) is 0 Å². The summed E-state index contributed by atoms with van der Waals surface area (Å²) >= 11 is 0. The number of nitrogens with zero attached hydrogens (tertiary/aromatic N) is 2. The van der Waals surface area contributed by atoms with Crippen molar-refractivity contribution in [2.24, 2.45) is 5.41 Å². The number of benzene rings is 1. The van der Waals surface area contributed by atoms with Gasteiger partial charge >= 0.3 is 0 Å². The van der Waals surface area contributed by atoms with Crippen LogP contribution < -0.4 is 0 Å². The predicted molar refractivity (Wildman–Crippen MR) is 104 cm³/mol. The third-order valence-corrected chi connectivity index (χ3v) is 6.18. The van der Waals surface area contributed by atoms with E-state index in [2.05, 4.69) is 24.3 Å². The van der Waals surface area contributed by atoms with E-state index in [1.165, 1.54) is 0 Å². The van der Waals surface area contributed by atoms with Gasteiger partial charge in [0, 0.05) is 44.6 Å². The Balaban J connectivity index is 1.30. The lowest BCUT2D eigenvalue weighted by molar-refractivity contribution is -0.143. The minimum Gasteiger partial charge on any atom is -0.368 e. The third-order valence-electron chi connectivity index (χ3n) is 6.18. The quantitative estimate of drug-likeness (QED) is 0.821. The highest BCUT2D eigenvalue weighted by atomic mass is 16.5. The fraction of sp³-hybridized carbons (Fsp3) is 0.545. The molecule has 1 aromatic rings. The number of carbonyl (C=O) groups is 2. The van der Waals surface area contributed by atoms with E-state index < -0.39 is 0 Å². The molecule has 0 radical (unpaired) electrons. The molecule has 3 saturated heterocycles. The highest BCUT2D eigenvalue weighted by molar-refractivity contribution is 5.82. The van der Waals surface area contributed by atoms with Crippen molar-refractivity contribution in [3.8, 4) is 0 Å². The van der Waals surface area contributed by atoms with Crippen molar-refractivity contribution in [2.45, 2.75) is 38.2 Å². The maximum Gasteiger partial charge on any atom is 0.251 e. The van der Waals surface area contributed by atoms with E-state index in [9.17, 15) is 9.59 Å². The van der Waals surface area contributed by atoms with Crippen LogP contribution in [0, 0.1) is 5.41 Å². The molecule has 3 aliphatic rings. The molecule has 0 aliphatic carbocycles. The van der Waals surface area contributed by atoms with Gasteiger partial charge in [-0.2, -0.15) is 0 Å². The van der Waals surface area contributed by atoms with Gasteiger partial charge in [-0.25, -0.2) is 0 Å². The second-order valence-electron chi connectivity index (χ2n) is 8.09. The molecule has 1 atom stereocenters. The summed E-state index contributed by atoms with van der Waals surface area (Å²) in [4.78, 5) is 28.9. The number of likely N-dealkylation sites (tertiary alicyclic amines) is 2. The molecule has 1 spiro atoms. The Labute approximate surface area is 161 Å². The summed E-state index contributed by atoms with van der Waals surface area (Å²) in [5.41, 5.74) is 1.20. The van der Waals surface area contributed by atoms with Crippen LogP contribution in [0.15, 0.2) is 36.4 Å². The Bertz CT molecular complexity index is 702. The third kappa shape index (κ3) is 4.08. The summed E-state index contributed by atoms with van der Waals surface area (Å²) in [6.07, 6.45) is 8.18. The van der Waals surface area contributed by atoms with Crippen molar-refractivity contribution in [1.29, 1.82) is 0 Å². The zero-order chi connectivity index (χ0) is 18.7. The summed E-state index contributed by atoms with van der Waals surface area (Å²) in [7, 11) is 0. The standard InChI is InChI=1S/C22H28N2O3/c25-20-16-22(17-24(20)12-4-8-18-6-2-1-3-7-18)10-13-23(14-11-22)21(26)19-9-5-15-27-19/h1-4,6-8,19H,5,9-17H2/t19-/m1/s1. The van der Waals surface area contributed by atoms with Gasteiger partial charge in [-0.05, 0) is 31.2 Å². The molecule has 0 aromatic heterocycles. The van der Waals surface area contributed by atoms with Gasteiger partial charge in [0.2, 0.25) is 5.91 Å². The smallest absolute Gasteiger partial charge is 0.251 e. The molecule has 27 heavy (non-hydrogen) atoms. The van der Waals surface area contributed by atoms with Crippen molar-refractivity contribution in [3.05, 3.63) is 42.0 Å². The number of rotatable bonds is 4. The molecule has 0 bridgehead atoms. The van der Waals surface area contributed by atoms with E-state index in [1.807, 2.05) is 28.0 Å². The molecule has 5 heteroatoms. The maximum atomic E-state index is 12.5. The minimum absolute atomic E-state index is 0.0466. The molecule has 3 fully saturated rings. The van der Waals surface area contributed by atoms with E-state index in [4.69, 9.17) is 4.74 Å². The topological polar surface area (TPSA) is 49.9 Å². The molecule has 3 aliphatic heterocycles. The summed E-state index contributed by atoms with van der Waals surface area (Å²) in [5, 5.41) is 0. The molecule has 5 nitrogen and oxygen atoms in total. The van der Waals surface area contributed by atoms with Crippen LogP contribution in [0.25, 0.3) is 6.08 Å². The predicted octanol–water partition coefficient (Wildman–Crippen LogP) is 2.72. The van der Waals surface area contributed by atoms with Crippen LogP contribution in [0.2, 0.25) is 0 Å². The second-order valence-corrected chi connectivity index (χ2v) is 8.09. The molecule has 0 saturated carbocycles. The zero-order valence-corrected chi connectivity index (χ0v) is 15.8. The van der Waals surface area contributed by atoms with E-state index in [1.54, 1.807) is 0 Å². The molecule has 0 unspecified atom stereocenters. The Morgan fingerprint density at radius 1 is 1.22 bits per heavy atom. The number of piperidine rings is 1. The molecule has 144 valence electrons. The van der Waals surface area contributed by atoms with Crippen molar-refractivity contribution >= 4 is 17.9 Å². The van der Waals surface area contributed by atoms with Crippen LogP contribution in [0.4, 0.5) is 0 Å². The van der Waals surface area contributed by atoms with Crippen molar-refractivity contribution < 1.29 is 14.3 Å². The Kier molecular flexibility index (Phi) is 5.30. The lowest BCUT2D eigenvalue weighted by Crippen LogP contribution is -2.47. The zero-order valence-electron chi connectivity index (χ0n) is 15.8. The van der Waals surface area contributed by atoms with Crippen molar-refractivity contribution in [1.82, 2.24) is 9.80 Å². The first-order valence-electron chi connectivity index (χ1n) is 10.1. The molecule has 1 aromatic carbocycles. The average Bonchev–Trinajstić information content (AvgIpc) is 3.32. The number of hydrogen-bond acceptors (Lipinski definition) is 3. The van der Waals surface area contributed by atoms with Crippen LogP contribution >= 0.6 is 0 Å². The van der Waals surface area contributed by atoms with Crippen molar-refractivity contribution in [3.63, 3.8) is 0 Å². The summed E-state index contributed by atoms with van der Waals surface area (Å²) < 4.78 is 5.54. The van der Waals surface area contributed by atoms with Gasteiger partial charge in [0.1, 0.15) is 6.10 Å². The van der Waals surface area contributed by atoms with Gasteiger partial charge < -0.3 is 14.5 Å². The van der Waals surface area contributed by atoms with E-state index >= 15 is 0 Å². The number of hydrogen-bond donors (Lipinski definition) is 0. The highest BCUT2D eigenvalue weighted by Gasteiger charge is 2.45. The van der Waals surface area contributed by atoms with Crippen LogP contribution in [0.1, 0.15) is 37.7 Å². The summed E-state index contributed by atoms with van der Waals surface area (Å²) in [5.74, 6) is 0.390. The van der Waals surface area contributed by atoms with E-state index in [-0.39, 0.29) is 23.3 Å². The van der Waals surface area contributed by atoms with E-state index in [0.29, 0.717) is 19.6 Å². The Morgan fingerprint density at radius 3 is 2.70 bits per heavy atom.